The molecule has 3 aromatic rings. The minimum Gasteiger partial charge on any atom is -0.493 e. The zero-order valence-electron chi connectivity index (χ0n) is 16.2. The van der Waals surface area contributed by atoms with Gasteiger partial charge in [-0.15, -0.1) is 0 Å². The molecular weight excluding hydrogens is 361 g/mol. The number of hydrogen-bond acceptors (Lipinski definition) is 6. The lowest BCUT2D eigenvalue weighted by Gasteiger charge is -2.13. The molecule has 7 heteroatoms. The van der Waals surface area contributed by atoms with Crippen molar-refractivity contribution in [2.75, 3.05) is 13.7 Å². The third-order valence-corrected chi connectivity index (χ3v) is 4.20. The van der Waals surface area contributed by atoms with Crippen molar-refractivity contribution in [3.05, 3.63) is 59.7 Å². The summed E-state index contributed by atoms with van der Waals surface area (Å²) in [4.78, 5) is 4.36. The molecule has 2 aromatic carbocycles. The minimum absolute atomic E-state index is 0.170. The van der Waals surface area contributed by atoms with Crippen molar-refractivity contribution in [3.8, 4) is 22.9 Å². The van der Waals surface area contributed by atoms with Crippen LogP contribution in [0.5, 0.6) is 11.5 Å². The first-order valence-electron chi connectivity index (χ1n) is 9.23. The van der Waals surface area contributed by atoms with E-state index in [9.17, 15) is 4.39 Å². The van der Waals surface area contributed by atoms with Crippen LogP contribution in [0, 0.1) is 5.82 Å². The highest BCUT2D eigenvalue weighted by molar-refractivity contribution is 5.53. The van der Waals surface area contributed by atoms with Crippen LogP contribution in [0.3, 0.4) is 0 Å². The molecular formula is C21H24FN3O3. The van der Waals surface area contributed by atoms with Crippen molar-refractivity contribution in [3.63, 3.8) is 0 Å². The van der Waals surface area contributed by atoms with E-state index in [2.05, 4.69) is 22.4 Å². The summed E-state index contributed by atoms with van der Waals surface area (Å²) in [5.74, 6) is 1.90. The maximum Gasteiger partial charge on any atom is 0.243 e. The average molecular weight is 385 g/mol. The van der Waals surface area contributed by atoms with E-state index >= 15 is 0 Å². The van der Waals surface area contributed by atoms with E-state index in [1.807, 2.05) is 25.1 Å². The molecule has 0 aliphatic heterocycles. The molecule has 0 amide bonds. The molecule has 0 aliphatic carbocycles. The second-order valence-electron chi connectivity index (χ2n) is 6.40. The number of methoxy groups -OCH3 is 1. The van der Waals surface area contributed by atoms with Crippen molar-refractivity contribution in [2.24, 2.45) is 0 Å². The number of rotatable bonds is 9. The smallest absolute Gasteiger partial charge is 0.243 e. The number of nitrogens with zero attached hydrogens (tertiary/aromatic N) is 2. The van der Waals surface area contributed by atoms with Gasteiger partial charge in [-0.1, -0.05) is 30.3 Å². The molecule has 1 aromatic heterocycles. The van der Waals surface area contributed by atoms with E-state index in [1.165, 1.54) is 12.1 Å². The molecule has 1 N–H and O–H groups in total. The van der Waals surface area contributed by atoms with Crippen LogP contribution in [-0.2, 0) is 6.54 Å². The number of hydrogen-bond donors (Lipinski definition) is 1. The molecule has 1 heterocycles. The van der Waals surface area contributed by atoms with E-state index in [4.69, 9.17) is 14.0 Å². The fourth-order valence-electron chi connectivity index (χ4n) is 2.67. The van der Waals surface area contributed by atoms with Gasteiger partial charge in [-0.05, 0) is 43.2 Å². The van der Waals surface area contributed by atoms with Crippen molar-refractivity contribution < 1.29 is 18.4 Å². The van der Waals surface area contributed by atoms with Gasteiger partial charge in [0.15, 0.2) is 11.5 Å². The Morgan fingerprint density at radius 1 is 1.18 bits per heavy atom. The second-order valence-corrected chi connectivity index (χ2v) is 6.40. The van der Waals surface area contributed by atoms with Crippen LogP contribution in [0.2, 0.25) is 0 Å². The van der Waals surface area contributed by atoms with Crippen LogP contribution in [0.15, 0.2) is 47.0 Å². The van der Waals surface area contributed by atoms with Crippen molar-refractivity contribution in [2.45, 2.75) is 32.9 Å². The van der Waals surface area contributed by atoms with E-state index in [-0.39, 0.29) is 11.9 Å². The zero-order chi connectivity index (χ0) is 19.9. The SMILES string of the molecule is CCCOc1ccc(CNC(C)c2nc(-c3cccc(F)c3)no2)cc1OC. The summed E-state index contributed by atoms with van der Waals surface area (Å²) in [5, 5.41) is 7.28. The first-order chi connectivity index (χ1) is 13.6. The van der Waals surface area contributed by atoms with Gasteiger partial charge in [-0.2, -0.15) is 4.98 Å². The highest BCUT2D eigenvalue weighted by atomic mass is 19.1. The third-order valence-electron chi connectivity index (χ3n) is 4.20. The summed E-state index contributed by atoms with van der Waals surface area (Å²) in [6.45, 7) is 5.22. The Kier molecular flexibility index (Phi) is 6.60. The Morgan fingerprint density at radius 3 is 2.79 bits per heavy atom. The minimum atomic E-state index is -0.338. The van der Waals surface area contributed by atoms with E-state index in [1.54, 1.807) is 19.2 Å². The van der Waals surface area contributed by atoms with E-state index in [0.29, 0.717) is 36.2 Å². The maximum absolute atomic E-state index is 13.4. The molecule has 1 atom stereocenters. The van der Waals surface area contributed by atoms with Gasteiger partial charge in [0.05, 0.1) is 19.8 Å². The molecule has 0 aliphatic rings. The topological polar surface area (TPSA) is 69.4 Å². The Balaban J connectivity index is 1.63. The average Bonchev–Trinajstić information content (AvgIpc) is 3.21. The molecule has 0 saturated carbocycles. The molecule has 3 rings (SSSR count). The summed E-state index contributed by atoms with van der Waals surface area (Å²) in [6.07, 6.45) is 0.936. The number of aromatic nitrogens is 2. The third kappa shape index (κ3) is 4.86. The lowest BCUT2D eigenvalue weighted by Crippen LogP contribution is -2.18. The zero-order valence-corrected chi connectivity index (χ0v) is 16.2. The maximum atomic E-state index is 13.4. The molecule has 0 fully saturated rings. The number of halogens is 1. The summed E-state index contributed by atoms with van der Waals surface area (Å²) in [5.41, 5.74) is 1.62. The lowest BCUT2D eigenvalue weighted by atomic mass is 10.2. The highest BCUT2D eigenvalue weighted by Gasteiger charge is 2.15. The molecule has 0 radical (unpaired) electrons. The van der Waals surface area contributed by atoms with Crippen LogP contribution >= 0.6 is 0 Å². The van der Waals surface area contributed by atoms with Crippen molar-refractivity contribution in [1.29, 1.82) is 0 Å². The van der Waals surface area contributed by atoms with Crippen molar-refractivity contribution >= 4 is 0 Å². The van der Waals surface area contributed by atoms with E-state index in [0.717, 1.165) is 17.7 Å². The Hall–Kier alpha value is -2.93. The van der Waals surface area contributed by atoms with Gasteiger partial charge in [-0.25, -0.2) is 4.39 Å². The Labute approximate surface area is 163 Å². The molecule has 0 spiro atoms. The van der Waals surface area contributed by atoms with Gasteiger partial charge in [0.2, 0.25) is 11.7 Å². The fourth-order valence-corrected chi connectivity index (χ4v) is 2.67. The normalized spacial score (nSPS) is 12.0. The van der Waals surface area contributed by atoms with Gasteiger partial charge in [-0.3, -0.25) is 0 Å². The van der Waals surface area contributed by atoms with Gasteiger partial charge in [0.25, 0.3) is 0 Å². The van der Waals surface area contributed by atoms with Crippen LogP contribution in [0.4, 0.5) is 4.39 Å². The lowest BCUT2D eigenvalue weighted by molar-refractivity contribution is 0.294. The molecule has 6 nitrogen and oxygen atoms in total. The van der Waals surface area contributed by atoms with Crippen LogP contribution in [-0.4, -0.2) is 23.9 Å². The highest BCUT2D eigenvalue weighted by Crippen LogP contribution is 2.28. The summed E-state index contributed by atoms with van der Waals surface area (Å²) >= 11 is 0. The van der Waals surface area contributed by atoms with Gasteiger partial charge in [0.1, 0.15) is 5.82 Å². The fraction of sp³-hybridized carbons (Fsp3) is 0.333. The summed E-state index contributed by atoms with van der Waals surface area (Å²) in [7, 11) is 1.63. The largest absolute Gasteiger partial charge is 0.493 e. The first kappa shape index (κ1) is 19.8. The van der Waals surface area contributed by atoms with Gasteiger partial charge >= 0.3 is 0 Å². The van der Waals surface area contributed by atoms with E-state index < -0.39 is 0 Å². The number of nitrogens with one attached hydrogen (secondary N) is 1. The number of ether oxygens (including phenoxy) is 2. The summed E-state index contributed by atoms with van der Waals surface area (Å²) < 4.78 is 29.8. The van der Waals surface area contributed by atoms with Crippen LogP contribution in [0.25, 0.3) is 11.4 Å². The number of benzene rings is 2. The summed E-state index contributed by atoms with van der Waals surface area (Å²) in [6, 6.07) is 11.8. The molecule has 28 heavy (non-hydrogen) atoms. The molecule has 148 valence electrons. The first-order valence-corrected chi connectivity index (χ1v) is 9.23. The Bertz CT molecular complexity index is 913. The quantitative estimate of drug-likeness (QED) is 0.584. The molecule has 1 unspecified atom stereocenters. The predicted molar refractivity (Wildman–Crippen MR) is 104 cm³/mol. The van der Waals surface area contributed by atoms with Gasteiger partial charge in [0, 0.05) is 12.1 Å². The second kappa shape index (κ2) is 9.32. The van der Waals surface area contributed by atoms with Crippen LogP contribution < -0.4 is 14.8 Å². The standard InChI is InChI=1S/C21H24FN3O3/c1-4-10-27-18-9-8-15(11-19(18)26-3)13-23-14(2)21-24-20(25-28-21)16-6-5-7-17(22)12-16/h5-9,11-12,14,23H,4,10,13H2,1-3H3. The monoisotopic (exact) mass is 385 g/mol. The molecule has 0 bridgehead atoms. The van der Waals surface area contributed by atoms with Crippen molar-refractivity contribution in [1.82, 2.24) is 15.5 Å². The van der Waals surface area contributed by atoms with Crippen LogP contribution in [0.1, 0.15) is 37.8 Å². The molecule has 0 saturated heterocycles. The predicted octanol–water partition coefficient (Wildman–Crippen LogP) is 4.52. The van der Waals surface area contributed by atoms with Gasteiger partial charge < -0.3 is 19.3 Å². The Morgan fingerprint density at radius 2 is 2.04 bits per heavy atom.